The maximum absolute atomic E-state index is 11.6. The topological polar surface area (TPSA) is 52.6 Å². The Labute approximate surface area is 117 Å². The Morgan fingerprint density at radius 1 is 1.42 bits per heavy atom. The number of nitrogens with one attached hydrogen (secondary N) is 1. The van der Waals surface area contributed by atoms with E-state index in [0.29, 0.717) is 18.4 Å². The third-order valence-corrected chi connectivity index (χ3v) is 3.90. The second-order valence-electron chi connectivity index (χ2n) is 6.59. The first-order valence-corrected chi connectivity index (χ1v) is 7.53. The van der Waals surface area contributed by atoms with Gasteiger partial charge in [-0.3, -0.25) is 10.1 Å². The molecule has 112 valence electrons. The number of rotatable bonds is 9. The zero-order chi connectivity index (χ0) is 14.6. The molecule has 0 aromatic rings. The molecule has 2 N–H and O–H groups in total. The summed E-state index contributed by atoms with van der Waals surface area (Å²) >= 11 is 0. The highest BCUT2D eigenvalue weighted by molar-refractivity contribution is 5.78. The van der Waals surface area contributed by atoms with Crippen LogP contribution in [0.2, 0.25) is 0 Å². The van der Waals surface area contributed by atoms with Crippen LogP contribution in [0.15, 0.2) is 0 Å². The monoisotopic (exact) mass is 270 g/mol. The molecule has 19 heavy (non-hydrogen) atoms. The summed E-state index contributed by atoms with van der Waals surface area (Å²) < 4.78 is 0. The van der Waals surface area contributed by atoms with Crippen molar-refractivity contribution in [2.45, 2.75) is 71.5 Å². The van der Waals surface area contributed by atoms with E-state index in [1.807, 2.05) is 6.92 Å². The molecule has 0 aromatic heterocycles. The summed E-state index contributed by atoms with van der Waals surface area (Å²) in [7, 11) is 0. The van der Waals surface area contributed by atoms with Crippen molar-refractivity contribution in [2.24, 2.45) is 5.92 Å². The third-order valence-electron chi connectivity index (χ3n) is 3.90. The second-order valence-corrected chi connectivity index (χ2v) is 6.59. The Morgan fingerprint density at radius 3 is 2.37 bits per heavy atom. The van der Waals surface area contributed by atoms with Gasteiger partial charge in [0, 0.05) is 18.6 Å². The van der Waals surface area contributed by atoms with Crippen LogP contribution in [0.4, 0.5) is 0 Å². The van der Waals surface area contributed by atoms with E-state index in [0.717, 1.165) is 25.9 Å². The number of aliphatic carboxylic acids is 1. The average molecular weight is 270 g/mol. The fraction of sp³-hybridized carbons (Fsp3) is 0.933. The first kappa shape index (κ1) is 16.4. The lowest BCUT2D eigenvalue weighted by molar-refractivity contribution is -0.145. The Bertz CT molecular complexity index is 303. The molecule has 1 rings (SSSR count). The molecule has 2 atom stereocenters. The average Bonchev–Trinajstić information content (AvgIpc) is 3.08. The summed E-state index contributed by atoms with van der Waals surface area (Å²) in [6, 6.07) is 0.688. The van der Waals surface area contributed by atoms with E-state index < -0.39 is 11.5 Å². The van der Waals surface area contributed by atoms with Gasteiger partial charge in [0.05, 0.1) is 0 Å². The van der Waals surface area contributed by atoms with E-state index in [9.17, 15) is 9.90 Å². The molecule has 1 aliphatic rings. The fourth-order valence-corrected chi connectivity index (χ4v) is 2.70. The normalized spacial score (nSPS) is 20.6. The number of hydrogen-bond donors (Lipinski definition) is 2. The van der Waals surface area contributed by atoms with Crippen molar-refractivity contribution >= 4 is 5.97 Å². The van der Waals surface area contributed by atoms with E-state index in [2.05, 4.69) is 37.9 Å². The molecule has 0 spiro atoms. The molecule has 1 fully saturated rings. The van der Waals surface area contributed by atoms with Crippen molar-refractivity contribution in [1.82, 2.24) is 10.2 Å². The highest BCUT2D eigenvalue weighted by Gasteiger charge is 2.40. The van der Waals surface area contributed by atoms with E-state index in [4.69, 9.17) is 0 Å². The molecule has 0 radical (unpaired) electrons. The molecular formula is C15H30N2O2. The molecule has 1 aliphatic carbocycles. The second kappa shape index (κ2) is 6.71. The SMILES string of the molecule is CCN(CC(C)C)C(C)CC(C)(NC1CC1)C(=O)O. The standard InChI is InChI=1S/C15H30N2O2/c1-6-17(10-11(2)3)12(4)9-15(5,14(18)19)16-13-7-8-13/h11-13,16H,6-10H2,1-5H3,(H,18,19). The predicted octanol–water partition coefficient (Wildman–Crippen LogP) is 2.34. The largest absolute Gasteiger partial charge is 0.480 e. The van der Waals surface area contributed by atoms with Crippen molar-refractivity contribution in [3.63, 3.8) is 0 Å². The zero-order valence-corrected chi connectivity index (χ0v) is 13.1. The molecular weight excluding hydrogens is 240 g/mol. The van der Waals surface area contributed by atoms with Crippen LogP contribution in [0.25, 0.3) is 0 Å². The summed E-state index contributed by atoms with van der Waals surface area (Å²) in [5.41, 5.74) is -0.801. The molecule has 0 aromatic carbocycles. The molecule has 2 unspecified atom stereocenters. The van der Waals surface area contributed by atoms with E-state index >= 15 is 0 Å². The van der Waals surface area contributed by atoms with Crippen LogP contribution in [0.3, 0.4) is 0 Å². The molecule has 0 saturated heterocycles. The van der Waals surface area contributed by atoms with Crippen molar-refractivity contribution in [3.8, 4) is 0 Å². The van der Waals surface area contributed by atoms with Crippen molar-refractivity contribution in [3.05, 3.63) is 0 Å². The zero-order valence-electron chi connectivity index (χ0n) is 13.1. The minimum Gasteiger partial charge on any atom is -0.480 e. The highest BCUT2D eigenvalue weighted by atomic mass is 16.4. The third kappa shape index (κ3) is 5.11. The van der Waals surface area contributed by atoms with Crippen LogP contribution < -0.4 is 5.32 Å². The van der Waals surface area contributed by atoms with Crippen molar-refractivity contribution < 1.29 is 9.90 Å². The lowest BCUT2D eigenvalue weighted by Crippen LogP contribution is -2.54. The van der Waals surface area contributed by atoms with Crippen LogP contribution in [0.5, 0.6) is 0 Å². The Kier molecular flexibility index (Phi) is 5.81. The fourth-order valence-electron chi connectivity index (χ4n) is 2.70. The van der Waals surface area contributed by atoms with Gasteiger partial charge in [0.2, 0.25) is 0 Å². The number of carboxylic acids is 1. The summed E-state index contributed by atoms with van der Waals surface area (Å²) in [4.78, 5) is 13.9. The first-order valence-electron chi connectivity index (χ1n) is 7.53. The molecule has 4 heteroatoms. The summed E-state index contributed by atoms with van der Waals surface area (Å²) in [6.45, 7) is 12.5. The van der Waals surface area contributed by atoms with Gasteiger partial charge >= 0.3 is 5.97 Å². The van der Waals surface area contributed by atoms with Crippen LogP contribution in [0.1, 0.15) is 53.9 Å². The van der Waals surface area contributed by atoms with Gasteiger partial charge < -0.3 is 10.0 Å². The predicted molar refractivity (Wildman–Crippen MR) is 78.4 cm³/mol. The summed E-state index contributed by atoms with van der Waals surface area (Å²) in [5, 5.41) is 12.8. The quantitative estimate of drug-likeness (QED) is 0.675. The number of nitrogens with zero attached hydrogens (tertiary/aromatic N) is 1. The number of carboxylic acid groups (broad SMARTS) is 1. The smallest absolute Gasteiger partial charge is 0.323 e. The van der Waals surface area contributed by atoms with E-state index in [-0.39, 0.29) is 6.04 Å². The Balaban J connectivity index is 2.63. The minimum atomic E-state index is -0.801. The van der Waals surface area contributed by atoms with E-state index in [1.54, 1.807) is 0 Å². The van der Waals surface area contributed by atoms with Crippen molar-refractivity contribution in [2.75, 3.05) is 13.1 Å². The maximum Gasteiger partial charge on any atom is 0.323 e. The van der Waals surface area contributed by atoms with Crippen molar-refractivity contribution in [1.29, 1.82) is 0 Å². The van der Waals surface area contributed by atoms with Gasteiger partial charge in [-0.05, 0) is 45.6 Å². The molecule has 1 saturated carbocycles. The molecule has 0 amide bonds. The van der Waals surface area contributed by atoms with Gasteiger partial charge in [0.1, 0.15) is 5.54 Å². The van der Waals surface area contributed by atoms with Crippen LogP contribution in [-0.4, -0.2) is 46.7 Å². The summed E-state index contributed by atoms with van der Waals surface area (Å²) in [5.74, 6) is -0.123. The molecule has 0 aliphatic heterocycles. The van der Waals surface area contributed by atoms with Gasteiger partial charge in [-0.15, -0.1) is 0 Å². The molecule has 4 nitrogen and oxygen atoms in total. The highest BCUT2D eigenvalue weighted by Crippen LogP contribution is 2.26. The minimum absolute atomic E-state index is 0.278. The Morgan fingerprint density at radius 2 is 2.00 bits per heavy atom. The summed E-state index contributed by atoms with van der Waals surface area (Å²) in [6.07, 6.45) is 2.88. The van der Waals surface area contributed by atoms with Gasteiger partial charge in [0.25, 0.3) is 0 Å². The lowest BCUT2D eigenvalue weighted by atomic mass is 9.92. The Hall–Kier alpha value is -0.610. The van der Waals surface area contributed by atoms with Gasteiger partial charge in [-0.2, -0.15) is 0 Å². The number of hydrogen-bond acceptors (Lipinski definition) is 3. The first-order chi connectivity index (χ1) is 8.78. The van der Waals surface area contributed by atoms with Gasteiger partial charge in [0.15, 0.2) is 0 Å². The van der Waals surface area contributed by atoms with E-state index in [1.165, 1.54) is 0 Å². The lowest BCUT2D eigenvalue weighted by Gasteiger charge is -2.35. The van der Waals surface area contributed by atoms with Crippen LogP contribution in [-0.2, 0) is 4.79 Å². The maximum atomic E-state index is 11.6. The number of carbonyl (C=O) groups is 1. The van der Waals surface area contributed by atoms with Crippen LogP contribution in [0, 0.1) is 5.92 Å². The van der Waals surface area contributed by atoms with Gasteiger partial charge in [-0.25, -0.2) is 0 Å². The molecule has 0 bridgehead atoms. The molecule has 0 heterocycles. The van der Waals surface area contributed by atoms with Crippen LogP contribution >= 0.6 is 0 Å². The van der Waals surface area contributed by atoms with Gasteiger partial charge in [-0.1, -0.05) is 20.8 Å².